The minimum absolute atomic E-state index is 0.209. The Kier molecular flexibility index (Phi) is 3.08. The van der Waals surface area contributed by atoms with Crippen molar-refractivity contribution in [3.63, 3.8) is 0 Å². The molecule has 0 amide bonds. The second kappa shape index (κ2) is 3.91. The van der Waals surface area contributed by atoms with E-state index in [9.17, 15) is 4.39 Å². The predicted octanol–water partition coefficient (Wildman–Crippen LogP) is 1.18. The van der Waals surface area contributed by atoms with Gasteiger partial charge in [0.05, 0.1) is 17.7 Å². The van der Waals surface area contributed by atoms with Crippen molar-refractivity contribution in [1.82, 2.24) is 0 Å². The lowest BCUT2D eigenvalue weighted by molar-refractivity contribution is 0.267. The molecular formula is C8H9ClFNO2. The average molecular weight is 206 g/mol. The number of phenols is 1. The van der Waals surface area contributed by atoms with Crippen molar-refractivity contribution in [2.75, 3.05) is 6.61 Å². The van der Waals surface area contributed by atoms with E-state index in [-0.39, 0.29) is 11.6 Å². The van der Waals surface area contributed by atoms with Crippen molar-refractivity contribution in [3.05, 3.63) is 28.5 Å². The molecule has 0 saturated carbocycles. The van der Waals surface area contributed by atoms with Gasteiger partial charge in [0.2, 0.25) is 0 Å². The number of aliphatic hydroxyl groups is 1. The van der Waals surface area contributed by atoms with E-state index < -0.39 is 17.6 Å². The number of rotatable bonds is 2. The van der Waals surface area contributed by atoms with Crippen molar-refractivity contribution < 1.29 is 14.6 Å². The Morgan fingerprint density at radius 3 is 2.62 bits per heavy atom. The Labute approximate surface area is 79.6 Å². The predicted molar refractivity (Wildman–Crippen MR) is 47.1 cm³/mol. The Morgan fingerprint density at radius 2 is 2.15 bits per heavy atom. The van der Waals surface area contributed by atoms with Crippen molar-refractivity contribution in [2.45, 2.75) is 6.04 Å². The van der Waals surface area contributed by atoms with Gasteiger partial charge >= 0.3 is 0 Å². The molecule has 0 aliphatic rings. The third-order valence-electron chi connectivity index (χ3n) is 1.66. The van der Waals surface area contributed by atoms with Crippen LogP contribution in [-0.2, 0) is 0 Å². The lowest BCUT2D eigenvalue weighted by Gasteiger charge is -2.09. The van der Waals surface area contributed by atoms with Crippen LogP contribution in [0.3, 0.4) is 0 Å². The molecular weight excluding hydrogens is 197 g/mol. The lowest BCUT2D eigenvalue weighted by Crippen LogP contribution is -2.14. The first kappa shape index (κ1) is 10.2. The van der Waals surface area contributed by atoms with Crippen LogP contribution in [-0.4, -0.2) is 16.8 Å². The molecule has 0 saturated heterocycles. The summed E-state index contributed by atoms with van der Waals surface area (Å²) in [6.45, 7) is -0.290. The van der Waals surface area contributed by atoms with Gasteiger partial charge in [0.25, 0.3) is 0 Å². The van der Waals surface area contributed by atoms with Crippen LogP contribution in [0.25, 0.3) is 0 Å². The minimum atomic E-state index is -0.879. The molecule has 5 heteroatoms. The highest BCUT2D eigenvalue weighted by Crippen LogP contribution is 2.27. The molecule has 1 aromatic carbocycles. The minimum Gasteiger partial charge on any atom is -0.505 e. The molecule has 0 spiro atoms. The van der Waals surface area contributed by atoms with E-state index in [1.807, 2.05) is 0 Å². The van der Waals surface area contributed by atoms with E-state index in [2.05, 4.69) is 0 Å². The van der Waals surface area contributed by atoms with Crippen LogP contribution in [0.15, 0.2) is 12.1 Å². The fraction of sp³-hybridized carbons (Fsp3) is 0.250. The van der Waals surface area contributed by atoms with E-state index in [1.54, 1.807) is 0 Å². The summed E-state index contributed by atoms with van der Waals surface area (Å²) in [7, 11) is 0. The van der Waals surface area contributed by atoms with E-state index in [4.69, 9.17) is 27.5 Å². The summed E-state index contributed by atoms with van der Waals surface area (Å²) in [5.74, 6) is -1.44. The fourth-order valence-electron chi connectivity index (χ4n) is 0.914. The van der Waals surface area contributed by atoms with Crippen molar-refractivity contribution in [2.24, 2.45) is 5.73 Å². The molecule has 1 atom stereocenters. The Balaban J connectivity index is 3.13. The molecule has 0 aliphatic carbocycles. The van der Waals surface area contributed by atoms with Crippen LogP contribution < -0.4 is 5.73 Å². The van der Waals surface area contributed by atoms with Crippen LogP contribution >= 0.6 is 11.6 Å². The zero-order valence-corrected chi connectivity index (χ0v) is 7.42. The number of hydrogen-bond donors (Lipinski definition) is 3. The molecule has 1 aromatic rings. The third kappa shape index (κ3) is 2.09. The molecule has 0 aromatic heterocycles. The molecule has 1 unspecified atom stereocenters. The molecule has 0 fully saturated rings. The summed E-state index contributed by atoms with van der Waals surface area (Å²) in [5, 5.41) is 17.5. The largest absolute Gasteiger partial charge is 0.505 e. The summed E-state index contributed by atoms with van der Waals surface area (Å²) in [4.78, 5) is 0. The van der Waals surface area contributed by atoms with Gasteiger partial charge < -0.3 is 15.9 Å². The van der Waals surface area contributed by atoms with Gasteiger partial charge in [-0.2, -0.15) is 0 Å². The number of hydrogen-bond acceptors (Lipinski definition) is 3. The first-order valence-corrected chi connectivity index (χ1v) is 3.98. The summed E-state index contributed by atoms with van der Waals surface area (Å²) in [6.07, 6.45) is 0. The normalized spacial score (nSPS) is 12.9. The smallest absolute Gasteiger partial charge is 0.183 e. The van der Waals surface area contributed by atoms with Crippen LogP contribution in [0.5, 0.6) is 5.75 Å². The summed E-state index contributed by atoms with van der Waals surface area (Å²) in [5.41, 5.74) is 5.83. The number of halogens is 2. The van der Waals surface area contributed by atoms with E-state index in [1.165, 1.54) is 6.07 Å². The zero-order valence-electron chi connectivity index (χ0n) is 6.67. The molecule has 0 radical (unpaired) electrons. The van der Waals surface area contributed by atoms with E-state index in [0.717, 1.165) is 6.07 Å². The van der Waals surface area contributed by atoms with Gasteiger partial charge in [0, 0.05) is 0 Å². The molecule has 0 bridgehead atoms. The second-order valence-corrected chi connectivity index (χ2v) is 3.03. The highest BCUT2D eigenvalue weighted by atomic mass is 35.5. The van der Waals surface area contributed by atoms with E-state index >= 15 is 0 Å². The number of phenolic OH excluding ortho intramolecular Hbond substituents is 1. The molecule has 72 valence electrons. The van der Waals surface area contributed by atoms with Gasteiger partial charge in [0.1, 0.15) is 0 Å². The Morgan fingerprint density at radius 1 is 1.54 bits per heavy atom. The SMILES string of the molecule is NC(CO)c1cc(O)c(F)c(Cl)c1. The molecule has 4 N–H and O–H groups in total. The number of aromatic hydroxyl groups is 1. The molecule has 0 heterocycles. The van der Waals surface area contributed by atoms with Crippen LogP contribution in [0.2, 0.25) is 5.02 Å². The average Bonchev–Trinajstić information content (AvgIpc) is 2.12. The van der Waals surface area contributed by atoms with Crippen LogP contribution in [0, 0.1) is 5.82 Å². The van der Waals surface area contributed by atoms with Crippen LogP contribution in [0.4, 0.5) is 4.39 Å². The lowest BCUT2D eigenvalue weighted by atomic mass is 10.1. The maximum absolute atomic E-state index is 12.8. The summed E-state index contributed by atoms with van der Waals surface area (Å²) < 4.78 is 12.8. The standard InChI is InChI=1S/C8H9ClFNO2/c9-5-1-4(6(11)3-12)2-7(13)8(5)10/h1-2,6,12-13H,3,11H2. The number of nitrogens with two attached hydrogens (primary N) is 1. The summed E-state index contributed by atoms with van der Waals surface area (Å²) in [6, 6.07) is 1.75. The summed E-state index contributed by atoms with van der Waals surface area (Å²) >= 11 is 5.45. The Hall–Kier alpha value is -0.840. The molecule has 0 aliphatic heterocycles. The van der Waals surface area contributed by atoms with Gasteiger partial charge in [-0.3, -0.25) is 0 Å². The van der Waals surface area contributed by atoms with Crippen molar-refractivity contribution in [3.8, 4) is 5.75 Å². The first-order chi connectivity index (χ1) is 6.06. The molecule has 13 heavy (non-hydrogen) atoms. The fourth-order valence-corrected chi connectivity index (χ4v) is 1.14. The second-order valence-electron chi connectivity index (χ2n) is 2.62. The van der Waals surface area contributed by atoms with Gasteiger partial charge in [-0.15, -0.1) is 0 Å². The molecule has 1 rings (SSSR count). The monoisotopic (exact) mass is 205 g/mol. The highest BCUT2D eigenvalue weighted by molar-refractivity contribution is 6.30. The van der Waals surface area contributed by atoms with Crippen molar-refractivity contribution >= 4 is 11.6 Å². The van der Waals surface area contributed by atoms with Crippen molar-refractivity contribution in [1.29, 1.82) is 0 Å². The van der Waals surface area contributed by atoms with Crippen LogP contribution in [0.1, 0.15) is 11.6 Å². The molecule has 3 nitrogen and oxygen atoms in total. The van der Waals surface area contributed by atoms with Gasteiger partial charge in [-0.05, 0) is 17.7 Å². The third-order valence-corrected chi connectivity index (χ3v) is 1.93. The maximum Gasteiger partial charge on any atom is 0.183 e. The van der Waals surface area contributed by atoms with E-state index in [0.29, 0.717) is 5.56 Å². The highest BCUT2D eigenvalue weighted by Gasteiger charge is 2.12. The zero-order chi connectivity index (χ0) is 10.0. The quantitative estimate of drug-likeness (QED) is 0.679. The van der Waals surface area contributed by atoms with Gasteiger partial charge in [0.15, 0.2) is 11.6 Å². The topological polar surface area (TPSA) is 66.5 Å². The van der Waals surface area contributed by atoms with Gasteiger partial charge in [-0.25, -0.2) is 4.39 Å². The first-order valence-electron chi connectivity index (χ1n) is 3.60. The number of benzene rings is 1. The Bertz CT molecular complexity index is 296. The van der Waals surface area contributed by atoms with Gasteiger partial charge in [-0.1, -0.05) is 11.6 Å². The number of aliphatic hydroxyl groups excluding tert-OH is 1. The maximum atomic E-state index is 12.8.